The van der Waals surface area contributed by atoms with Crippen molar-refractivity contribution in [3.8, 4) is 0 Å². The van der Waals surface area contributed by atoms with E-state index >= 15 is 0 Å². The lowest BCUT2D eigenvalue weighted by atomic mass is 9.97. The Kier molecular flexibility index (Phi) is 7.88. The maximum Gasteiger partial charge on any atom is 0.269 e. The van der Waals surface area contributed by atoms with Crippen LogP contribution in [0.25, 0.3) is 0 Å². The summed E-state index contributed by atoms with van der Waals surface area (Å²) in [4.78, 5) is 17.8. The van der Waals surface area contributed by atoms with Crippen molar-refractivity contribution in [2.24, 2.45) is 0 Å². The molecular weight excluding hydrogens is 354 g/mol. The third-order valence-electron chi connectivity index (χ3n) is 6.26. The fourth-order valence-corrected chi connectivity index (χ4v) is 4.58. The van der Waals surface area contributed by atoms with E-state index in [0.29, 0.717) is 36.9 Å². The van der Waals surface area contributed by atoms with Crippen molar-refractivity contribution < 1.29 is 9.53 Å². The van der Waals surface area contributed by atoms with Crippen LogP contribution in [-0.2, 0) is 11.3 Å². The van der Waals surface area contributed by atoms with Gasteiger partial charge in [-0.1, -0.05) is 0 Å². The van der Waals surface area contributed by atoms with Crippen LogP contribution in [0, 0.1) is 0 Å². The van der Waals surface area contributed by atoms with E-state index in [1.807, 2.05) is 6.92 Å². The van der Waals surface area contributed by atoms with Gasteiger partial charge in [-0.05, 0) is 65.6 Å². The number of carbonyl (C=O) groups is 1. The number of likely N-dealkylation sites (tertiary alicyclic amines) is 1. The number of amides is 1. The van der Waals surface area contributed by atoms with E-state index in [1.165, 1.54) is 25.9 Å². The zero-order valence-corrected chi connectivity index (χ0v) is 17.8. The van der Waals surface area contributed by atoms with Gasteiger partial charge in [0.2, 0.25) is 0 Å². The van der Waals surface area contributed by atoms with E-state index < -0.39 is 0 Å². The maximum absolute atomic E-state index is 12.5. The molecule has 0 saturated carbocycles. The molecule has 0 spiro atoms. The van der Waals surface area contributed by atoms with Gasteiger partial charge in [0.25, 0.3) is 5.91 Å². The van der Waals surface area contributed by atoms with Gasteiger partial charge in [0, 0.05) is 57.2 Å². The molecule has 0 unspecified atom stereocenters. The van der Waals surface area contributed by atoms with Crippen LogP contribution in [0.3, 0.4) is 0 Å². The topological polar surface area (TPSA) is 62.6 Å². The third kappa shape index (κ3) is 5.33. The van der Waals surface area contributed by atoms with E-state index in [0.717, 1.165) is 32.6 Å². The molecule has 0 aliphatic carbocycles. The van der Waals surface area contributed by atoms with Crippen molar-refractivity contribution in [1.29, 1.82) is 0 Å². The molecule has 0 aromatic carbocycles. The van der Waals surface area contributed by atoms with Crippen LogP contribution in [0.1, 0.15) is 56.9 Å². The molecule has 7 heteroatoms. The number of hydrogen-bond donors (Lipinski definition) is 1. The number of hydrogen-bond acceptors (Lipinski definition) is 5. The van der Waals surface area contributed by atoms with Crippen molar-refractivity contribution in [3.05, 3.63) is 18.0 Å². The van der Waals surface area contributed by atoms with Crippen molar-refractivity contribution in [2.45, 2.75) is 71.1 Å². The second kappa shape index (κ2) is 10.4. The lowest BCUT2D eigenvalue weighted by Gasteiger charge is -2.44. The normalized spacial score (nSPS) is 20.2. The molecule has 2 fully saturated rings. The lowest BCUT2D eigenvalue weighted by Crippen LogP contribution is -2.53. The fraction of sp³-hybridized carbons (Fsp3) is 0.810. The Labute approximate surface area is 169 Å². The number of nitrogens with one attached hydrogen (secondary N) is 1. The summed E-state index contributed by atoms with van der Waals surface area (Å²) in [6.07, 6.45) is 6.31. The lowest BCUT2D eigenvalue weighted by molar-refractivity contribution is 0.0000125. The average molecular weight is 392 g/mol. The van der Waals surface area contributed by atoms with Gasteiger partial charge in [0.15, 0.2) is 0 Å². The number of carbonyl (C=O) groups excluding carboxylic acids is 1. The van der Waals surface area contributed by atoms with E-state index in [1.54, 1.807) is 16.9 Å². The number of ether oxygens (including phenoxy) is 1. The van der Waals surface area contributed by atoms with E-state index in [2.05, 4.69) is 34.1 Å². The Morgan fingerprint density at radius 2 is 1.93 bits per heavy atom. The van der Waals surface area contributed by atoms with Gasteiger partial charge in [-0.15, -0.1) is 0 Å². The maximum atomic E-state index is 12.5. The summed E-state index contributed by atoms with van der Waals surface area (Å²) in [6.45, 7) is 12.9. The van der Waals surface area contributed by atoms with Crippen molar-refractivity contribution in [3.63, 3.8) is 0 Å². The first-order chi connectivity index (χ1) is 13.6. The van der Waals surface area contributed by atoms with Gasteiger partial charge < -0.3 is 15.0 Å². The summed E-state index contributed by atoms with van der Waals surface area (Å²) in [5, 5.41) is 7.31. The van der Waals surface area contributed by atoms with Crippen LogP contribution >= 0.6 is 0 Å². The van der Waals surface area contributed by atoms with Gasteiger partial charge in [0.1, 0.15) is 5.69 Å². The minimum atomic E-state index is -0.0269. The molecule has 28 heavy (non-hydrogen) atoms. The molecule has 1 amide bonds. The Morgan fingerprint density at radius 3 is 2.57 bits per heavy atom. The zero-order chi connectivity index (χ0) is 19.9. The second-order valence-corrected chi connectivity index (χ2v) is 8.23. The standard InChI is InChI=1S/C21H37N5O2/c1-4-26-20(5-10-23-26)21(27)22-11-14-25(19-8-15-28-16-9-19)18-6-12-24(13-7-18)17(2)3/h5,10,17-19H,4,6-9,11-16H2,1-3H3,(H,22,27). The molecule has 0 atom stereocenters. The highest BCUT2D eigenvalue weighted by atomic mass is 16.5. The molecule has 2 saturated heterocycles. The SMILES string of the molecule is CCn1nccc1C(=O)NCCN(C1CCOCC1)C1CCN(C(C)C)CC1. The Bertz CT molecular complexity index is 604. The Hall–Kier alpha value is -1.44. The highest BCUT2D eigenvalue weighted by molar-refractivity contribution is 5.92. The molecule has 2 aliphatic heterocycles. The Morgan fingerprint density at radius 1 is 1.25 bits per heavy atom. The number of nitrogens with zero attached hydrogens (tertiary/aromatic N) is 4. The molecule has 2 aliphatic rings. The summed E-state index contributed by atoms with van der Waals surface area (Å²) in [5.74, 6) is -0.0269. The zero-order valence-electron chi connectivity index (χ0n) is 17.8. The number of piperidine rings is 1. The smallest absolute Gasteiger partial charge is 0.269 e. The monoisotopic (exact) mass is 391 g/mol. The van der Waals surface area contributed by atoms with Gasteiger partial charge in [-0.2, -0.15) is 5.10 Å². The molecule has 0 bridgehead atoms. The quantitative estimate of drug-likeness (QED) is 0.734. The van der Waals surface area contributed by atoms with Gasteiger partial charge in [-0.3, -0.25) is 14.4 Å². The minimum Gasteiger partial charge on any atom is -0.381 e. The van der Waals surface area contributed by atoms with Crippen molar-refractivity contribution in [2.75, 3.05) is 39.4 Å². The number of rotatable bonds is 8. The van der Waals surface area contributed by atoms with E-state index in [9.17, 15) is 4.79 Å². The second-order valence-electron chi connectivity index (χ2n) is 8.23. The minimum absolute atomic E-state index is 0.0269. The molecule has 7 nitrogen and oxygen atoms in total. The predicted molar refractivity (Wildman–Crippen MR) is 111 cm³/mol. The largest absolute Gasteiger partial charge is 0.381 e. The number of aromatic nitrogens is 2. The van der Waals surface area contributed by atoms with Crippen LogP contribution < -0.4 is 5.32 Å². The number of aryl methyl sites for hydroxylation is 1. The summed E-state index contributed by atoms with van der Waals surface area (Å²) >= 11 is 0. The highest BCUT2D eigenvalue weighted by Crippen LogP contribution is 2.24. The van der Waals surface area contributed by atoms with Crippen LogP contribution in [0.5, 0.6) is 0 Å². The fourth-order valence-electron chi connectivity index (χ4n) is 4.58. The summed E-state index contributed by atoms with van der Waals surface area (Å²) in [6, 6.07) is 3.59. The molecule has 1 aromatic rings. The first-order valence-corrected chi connectivity index (χ1v) is 11.0. The van der Waals surface area contributed by atoms with Crippen LogP contribution in [-0.4, -0.2) is 83.0 Å². The predicted octanol–water partition coefficient (Wildman–Crippen LogP) is 1.99. The molecule has 1 N–H and O–H groups in total. The van der Waals surface area contributed by atoms with Gasteiger partial charge in [0.05, 0.1) is 0 Å². The van der Waals surface area contributed by atoms with E-state index in [-0.39, 0.29) is 5.91 Å². The van der Waals surface area contributed by atoms with Gasteiger partial charge in [-0.25, -0.2) is 0 Å². The van der Waals surface area contributed by atoms with Crippen LogP contribution in [0.15, 0.2) is 12.3 Å². The van der Waals surface area contributed by atoms with Crippen molar-refractivity contribution in [1.82, 2.24) is 24.9 Å². The molecule has 158 valence electrons. The Balaban J connectivity index is 1.56. The molecule has 3 heterocycles. The van der Waals surface area contributed by atoms with Crippen LogP contribution in [0.2, 0.25) is 0 Å². The molecule has 3 rings (SSSR count). The molecule has 1 aromatic heterocycles. The third-order valence-corrected chi connectivity index (χ3v) is 6.26. The first kappa shape index (κ1) is 21.3. The first-order valence-electron chi connectivity index (χ1n) is 11.0. The van der Waals surface area contributed by atoms with E-state index in [4.69, 9.17) is 4.74 Å². The van der Waals surface area contributed by atoms with Crippen LogP contribution in [0.4, 0.5) is 0 Å². The summed E-state index contributed by atoms with van der Waals surface area (Å²) in [7, 11) is 0. The molecular formula is C21H37N5O2. The summed E-state index contributed by atoms with van der Waals surface area (Å²) < 4.78 is 7.33. The summed E-state index contributed by atoms with van der Waals surface area (Å²) in [5.41, 5.74) is 0.644. The van der Waals surface area contributed by atoms with Gasteiger partial charge >= 0.3 is 0 Å². The van der Waals surface area contributed by atoms with Crippen molar-refractivity contribution >= 4 is 5.91 Å². The molecule has 0 radical (unpaired) electrons. The average Bonchev–Trinajstić information content (AvgIpc) is 3.21. The highest BCUT2D eigenvalue weighted by Gasteiger charge is 2.31.